The first-order valence-corrected chi connectivity index (χ1v) is 6.59. The van der Waals surface area contributed by atoms with Gasteiger partial charge in [0.05, 0.1) is 0 Å². The first-order chi connectivity index (χ1) is 10.1. The normalized spacial score (nSPS) is 10.9. The van der Waals surface area contributed by atoms with E-state index >= 15 is 0 Å². The van der Waals surface area contributed by atoms with Gasteiger partial charge in [-0.15, -0.1) is 0 Å². The summed E-state index contributed by atoms with van der Waals surface area (Å²) >= 11 is 0. The molecule has 0 aliphatic rings. The number of rotatable bonds is 6. The van der Waals surface area contributed by atoms with Crippen molar-refractivity contribution in [1.29, 1.82) is 0 Å². The molecule has 0 saturated carbocycles. The Labute approximate surface area is 122 Å². The summed E-state index contributed by atoms with van der Waals surface area (Å²) in [5.74, 6) is 0.413. The van der Waals surface area contributed by atoms with E-state index in [1.165, 1.54) is 6.07 Å². The lowest BCUT2D eigenvalue weighted by Crippen LogP contribution is -2.14. The van der Waals surface area contributed by atoms with Crippen LogP contribution in [0.5, 0.6) is 11.5 Å². The van der Waals surface area contributed by atoms with E-state index in [9.17, 15) is 13.9 Å². The number of halogens is 2. The third-order valence-electron chi connectivity index (χ3n) is 3.14. The number of hydrogen-bond acceptors (Lipinski definition) is 3. The summed E-state index contributed by atoms with van der Waals surface area (Å²) in [6.07, 6.45) is 0. The van der Waals surface area contributed by atoms with Crippen molar-refractivity contribution in [2.24, 2.45) is 0 Å². The fraction of sp³-hybridized carbons (Fsp3) is 0.250. The van der Waals surface area contributed by atoms with E-state index in [-0.39, 0.29) is 11.5 Å². The smallest absolute Gasteiger partial charge is 0.387 e. The fourth-order valence-electron chi connectivity index (χ4n) is 2.06. The standard InChI is InChI=1S/C16H17F2NO2/c1-11-5-4-7-13(15(11)20)10-19-9-12-6-2-3-8-14(12)21-16(17)18/h2-8,16,19-20H,9-10H2,1H3. The molecular formula is C16H17F2NO2. The van der Waals surface area contributed by atoms with Gasteiger partial charge >= 0.3 is 6.61 Å². The number of alkyl halides is 2. The lowest BCUT2D eigenvalue weighted by Gasteiger charge is -2.12. The summed E-state index contributed by atoms with van der Waals surface area (Å²) < 4.78 is 29.1. The monoisotopic (exact) mass is 293 g/mol. The summed E-state index contributed by atoms with van der Waals surface area (Å²) in [6.45, 7) is -0.204. The van der Waals surface area contributed by atoms with Gasteiger partial charge in [-0.05, 0) is 18.6 Å². The topological polar surface area (TPSA) is 41.5 Å². The summed E-state index contributed by atoms with van der Waals surface area (Å²) in [6, 6.07) is 12.1. The molecule has 3 nitrogen and oxygen atoms in total. The van der Waals surface area contributed by atoms with Crippen LogP contribution in [0.15, 0.2) is 42.5 Å². The Hall–Kier alpha value is -2.14. The zero-order valence-corrected chi connectivity index (χ0v) is 11.6. The van der Waals surface area contributed by atoms with Crippen LogP contribution in [0.1, 0.15) is 16.7 Å². The van der Waals surface area contributed by atoms with Crippen LogP contribution >= 0.6 is 0 Å². The molecule has 5 heteroatoms. The summed E-state index contributed by atoms with van der Waals surface area (Å²) in [5, 5.41) is 13.0. The first kappa shape index (κ1) is 15.3. The van der Waals surface area contributed by atoms with Crippen molar-refractivity contribution in [1.82, 2.24) is 5.32 Å². The third kappa shape index (κ3) is 4.16. The highest BCUT2D eigenvalue weighted by Gasteiger charge is 2.09. The van der Waals surface area contributed by atoms with Crippen LogP contribution in [0.25, 0.3) is 0 Å². The van der Waals surface area contributed by atoms with Crippen LogP contribution in [0.3, 0.4) is 0 Å². The Bertz CT molecular complexity index is 603. The Morgan fingerprint density at radius 1 is 1.05 bits per heavy atom. The molecule has 2 aromatic carbocycles. The van der Waals surface area contributed by atoms with Gasteiger partial charge in [-0.2, -0.15) is 8.78 Å². The molecule has 0 aromatic heterocycles. The molecule has 0 aliphatic heterocycles. The van der Waals surface area contributed by atoms with E-state index in [0.717, 1.165) is 11.1 Å². The minimum atomic E-state index is -2.84. The molecule has 2 rings (SSSR count). The molecule has 2 aromatic rings. The number of ether oxygens (including phenoxy) is 1. The molecule has 0 atom stereocenters. The molecule has 21 heavy (non-hydrogen) atoms. The van der Waals surface area contributed by atoms with Gasteiger partial charge < -0.3 is 15.2 Å². The minimum absolute atomic E-state index is 0.161. The average molecular weight is 293 g/mol. The van der Waals surface area contributed by atoms with E-state index in [0.29, 0.717) is 18.7 Å². The largest absolute Gasteiger partial charge is 0.507 e. The highest BCUT2D eigenvalue weighted by atomic mass is 19.3. The SMILES string of the molecule is Cc1cccc(CNCc2ccccc2OC(F)F)c1O. The lowest BCUT2D eigenvalue weighted by molar-refractivity contribution is -0.0505. The number of hydrogen-bond donors (Lipinski definition) is 2. The summed E-state index contributed by atoms with van der Waals surface area (Å²) in [5.41, 5.74) is 2.21. The van der Waals surface area contributed by atoms with Gasteiger partial charge in [0.2, 0.25) is 0 Å². The van der Waals surface area contributed by atoms with Crippen LogP contribution in [-0.2, 0) is 13.1 Å². The molecule has 2 N–H and O–H groups in total. The molecule has 0 fully saturated rings. The van der Waals surface area contributed by atoms with Crippen LogP contribution in [0, 0.1) is 6.92 Å². The van der Waals surface area contributed by atoms with Crippen molar-refractivity contribution < 1.29 is 18.6 Å². The maximum atomic E-state index is 12.3. The quantitative estimate of drug-likeness (QED) is 0.855. The maximum absolute atomic E-state index is 12.3. The second-order valence-corrected chi connectivity index (χ2v) is 4.67. The fourth-order valence-corrected chi connectivity index (χ4v) is 2.06. The highest BCUT2D eigenvalue weighted by Crippen LogP contribution is 2.22. The maximum Gasteiger partial charge on any atom is 0.387 e. The minimum Gasteiger partial charge on any atom is -0.507 e. The first-order valence-electron chi connectivity index (χ1n) is 6.59. The van der Waals surface area contributed by atoms with Gasteiger partial charge in [0, 0.05) is 24.2 Å². The molecule has 0 unspecified atom stereocenters. The van der Waals surface area contributed by atoms with Crippen molar-refractivity contribution in [2.45, 2.75) is 26.6 Å². The number of phenolic OH excluding ortho intramolecular Hbond substituents is 1. The third-order valence-corrected chi connectivity index (χ3v) is 3.14. The molecular weight excluding hydrogens is 276 g/mol. The van der Waals surface area contributed by atoms with E-state index in [1.54, 1.807) is 18.2 Å². The molecule has 0 aliphatic carbocycles. The Balaban J connectivity index is 1.99. The van der Waals surface area contributed by atoms with Crippen molar-refractivity contribution in [3.63, 3.8) is 0 Å². The molecule has 0 bridgehead atoms. The number of aryl methyl sites for hydroxylation is 1. The van der Waals surface area contributed by atoms with Crippen molar-refractivity contribution in [3.8, 4) is 11.5 Å². The van der Waals surface area contributed by atoms with Crippen molar-refractivity contribution >= 4 is 0 Å². The summed E-state index contributed by atoms with van der Waals surface area (Å²) in [7, 11) is 0. The molecule has 0 spiro atoms. The molecule has 0 amide bonds. The van der Waals surface area contributed by atoms with Crippen molar-refractivity contribution in [2.75, 3.05) is 0 Å². The van der Waals surface area contributed by atoms with Crippen molar-refractivity contribution in [3.05, 3.63) is 59.2 Å². The lowest BCUT2D eigenvalue weighted by atomic mass is 10.1. The van der Waals surface area contributed by atoms with Gasteiger partial charge in [-0.3, -0.25) is 0 Å². The predicted molar refractivity (Wildman–Crippen MR) is 76.5 cm³/mol. The van der Waals surface area contributed by atoms with E-state index in [1.807, 2.05) is 25.1 Å². The molecule has 0 radical (unpaired) electrons. The molecule has 112 valence electrons. The van der Waals surface area contributed by atoms with Gasteiger partial charge in [-0.1, -0.05) is 36.4 Å². The Morgan fingerprint density at radius 3 is 2.48 bits per heavy atom. The van der Waals surface area contributed by atoms with E-state index < -0.39 is 6.61 Å². The highest BCUT2D eigenvalue weighted by molar-refractivity contribution is 5.39. The number of aromatic hydroxyl groups is 1. The van der Waals surface area contributed by atoms with Gasteiger partial charge in [-0.25, -0.2) is 0 Å². The van der Waals surface area contributed by atoms with E-state index in [4.69, 9.17) is 0 Å². The van der Waals surface area contributed by atoms with Gasteiger partial charge in [0.1, 0.15) is 11.5 Å². The average Bonchev–Trinajstić information content (AvgIpc) is 2.45. The zero-order valence-electron chi connectivity index (χ0n) is 11.6. The van der Waals surface area contributed by atoms with Crippen LogP contribution < -0.4 is 10.1 Å². The second-order valence-electron chi connectivity index (χ2n) is 4.67. The summed E-state index contributed by atoms with van der Waals surface area (Å²) in [4.78, 5) is 0. The number of benzene rings is 2. The second kappa shape index (κ2) is 7.04. The van der Waals surface area contributed by atoms with Crippen LogP contribution in [0.2, 0.25) is 0 Å². The predicted octanol–water partition coefficient (Wildman–Crippen LogP) is 3.59. The number of para-hydroxylation sites is 2. The van der Waals surface area contributed by atoms with E-state index in [2.05, 4.69) is 10.1 Å². The molecule has 0 heterocycles. The van der Waals surface area contributed by atoms with Gasteiger partial charge in [0.25, 0.3) is 0 Å². The Morgan fingerprint density at radius 2 is 1.71 bits per heavy atom. The Kier molecular flexibility index (Phi) is 5.11. The van der Waals surface area contributed by atoms with Crippen LogP contribution in [-0.4, -0.2) is 11.7 Å². The van der Waals surface area contributed by atoms with Crippen LogP contribution in [0.4, 0.5) is 8.78 Å². The number of phenols is 1. The van der Waals surface area contributed by atoms with Gasteiger partial charge in [0.15, 0.2) is 0 Å². The number of nitrogens with one attached hydrogen (secondary N) is 1. The molecule has 0 saturated heterocycles. The zero-order chi connectivity index (χ0) is 15.2.